The average molecular weight is 450 g/mol. The van der Waals surface area contributed by atoms with Crippen molar-refractivity contribution in [1.82, 2.24) is 0 Å². The molecule has 8 nitrogen and oxygen atoms in total. The van der Waals surface area contributed by atoms with Crippen LogP contribution in [-0.4, -0.2) is 19.1 Å². The molecule has 0 saturated heterocycles. The Hall–Kier alpha value is -3.72. The van der Waals surface area contributed by atoms with Gasteiger partial charge in [0.1, 0.15) is 11.3 Å². The molecule has 0 fully saturated rings. The first-order valence-corrected chi connectivity index (χ1v) is 11.5. The highest BCUT2D eigenvalue weighted by Crippen LogP contribution is 2.40. The molecule has 1 N–H and O–H groups in total. The second-order valence-corrected chi connectivity index (χ2v) is 9.52. The molecule has 4 aromatic rings. The van der Waals surface area contributed by atoms with Crippen LogP contribution in [0.5, 0.6) is 0 Å². The molecule has 0 amide bonds. The highest BCUT2D eigenvalue weighted by molar-refractivity contribution is 7.92. The second-order valence-electron chi connectivity index (χ2n) is 7.83. The summed E-state index contributed by atoms with van der Waals surface area (Å²) in [4.78, 5) is 23.0. The van der Waals surface area contributed by atoms with Crippen molar-refractivity contribution in [3.05, 3.63) is 75.5 Å². The van der Waals surface area contributed by atoms with Crippen molar-refractivity contribution < 1.29 is 22.6 Å². The largest absolute Gasteiger partial charge is 0.460 e. The van der Waals surface area contributed by atoms with Gasteiger partial charge in [-0.05, 0) is 25.5 Å². The first-order valence-electron chi connectivity index (χ1n) is 10.0. The average Bonchev–Trinajstić information content (AvgIpc) is 3.13. The van der Waals surface area contributed by atoms with Crippen molar-refractivity contribution in [1.29, 1.82) is 0 Å². The number of nitrogens with one attached hydrogen (secondary N) is 1. The number of ketones is 1. The summed E-state index contributed by atoms with van der Waals surface area (Å²) in [6.45, 7) is 1.54. The summed E-state index contributed by atoms with van der Waals surface area (Å²) in [5.74, 6) is 0.596. The predicted octanol–water partition coefficient (Wildman–Crippen LogP) is 5.12. The number of carbonyl (C=O) groups is 1. The number of Topliss-reactive ketones (excluding diaryl/α,β-unsaturated/α-hetero) is 1. The lowest BCUT2D eigenvalue weighted by Gasteiger charge is -2.12. The maximum absolute atomic E-state index is 13.1. The number of nitro groups is 1. The lowest BCUT2D eigenvalue weighted by atomic mass is 9.93. The zero-order valence-corrected chi connectivity index (χ0v) is 17.9. The van der Waals surface area contributed by atoms with Crippen LogP contribution >= 0.6 is 0 Å². The van der Waals surface area contributed by atoms with Crippen LogP contribution in [0.3, 0.4) is 0 Å². The molecule has 0 radical (unpaired) electrons. The number of benzene rings is 3. The monoisotopic (exact) mass is 450 g/mol. The number of rotatable bonds is 4. The number of nitro benzene ring substituents is 1. The molecule has 1 aliphatic rings. The molecular weight excluding hydrogens is 432 g/mol. The third-order valence-corrected chi connectivity index (χ3v) is 7.15. The van der Waals surface area contributed by atoms with Gasteiger partial charge in [-0.25, -0.2) is 8.42 Å². The van der Waals surface area contributed by atoms with Crippen LogP contribution in [0.15, 0.2) is 57.8 Å². The van der Waals surface area contributed by atoms with Gasteiger partial charge in [0.2, 0.25) is 0 Å². The van der Waals surface area contributed by atoms with Crippen LogP contribution in [0, 0.1) is 17.0 Å². The fourth-order valence-corrected chi connectivity index (χ4v) is 5.32. The number of furan rings is 1. The topological polar surface area (TPSA) is 120 Å². The Balaban J connectivity index is 1.70. The van der Waals surface area contributed by atoms with Gasteiger partial charge in [-0.2, -0.15) is 0 Å². The lowest BCUT2D eigenvalue weighted by molar-refractivity contribution is -0.385. The molecule has 1 heterocycles. The summed E-state index contributed by atoms with van der Waals surface area (Å²) >= 11 is 0. The zero-order chi connectivity index (χ0) is 22.6. The van der Waals surface area contributed by atoms with E-state index in [-0.39, 0.29) is 22.1 Å². The van der Waals surface area contributed by atoms with E-state index < -0.39 is 14.9 Å². The maximum atomic E-state index is 13.1. The smallest absolute Gasteiger partial charge is 0.273 e. The Morgan fingerprint density at radius 2 is 1.78 bits per heavy atom. The standard InChI is InChI=1S/C23H18N2O6S/c1-13-9-10-14(11-19(13)25(27)28)32(29,30)24-18-12-17-22-20(26)7-4-8-21(22)31-23(17)16-6-3-2-5-15(16)18/h2-3,5-6,9-12,24H,4,7-8H2,1H3. The van der Waals surface area contributed by atoms with Gasteiger partial charge < -0.3 is 4.42 Å². The lowest BCUT2D eigenvalue weighted by Crippen LogP contribution is -2.14. The number of fused-ring (bicyclic) bond motifs is 5. The predicted molar refractivity (Wildman–Crippen MR) is 120 cm³/mol. The van der Waals surface area contributed by atoms with Crippen LogP contribution < -0.4 is 4.72 Å². The van der Waals surface area contributed by atoms with E-state index in [1.807, 2.05) is 12.1 Å². The summed E-state index contributed by atoms with van der Waals surface area (Å²) in [5, 5.41) is 13.1. The van der Waals surface area contributed by atoms with Crippen molar-refractivity contribution >= 4 is 48.9 Å². The zero-order valence-electron chi connectivity index (χ0n) is 17.0. The Morgan fingerprint density at radius 3 is 2.53 bits per heavy atom. The molecule has 0 atom stereocenters. The Bertz CT molecular complexity index is 1550. The maximum Gasteiger partial charge on any atom is 0.273 e. The van der Waals surface area contributed by atoms with E-state index in [9.17, 15) is 23.3 Å². The van der Waals surface area contributed by atoms with Crippen molar-refractivity contribution in [2.45, 2.75) is 31.1 Å². The quantitative estimate of drug-likeness (QED) is 0.340. The van der Waals surface area contributed by atoms with Crippen LogP contribution in [0.2, 0.25) is 0 Å². The number of nitrogens with zero attached hydrogens (tertiary/aromatic N) is 1. The van der Waals surface area contributed by atoms with Crippen molar-refractivity contribution in [2.24, 2.45) is 0 Å². The summed E-state index contributed by atoms with van der Waals surface area (Å²) in [7, 11) is -4.13. The first kappa shape index (κ1) is 20.2. The summed E-state index contributed by atoms with van der Waals surface area (Å²) in [6.07, 6.45) is 1.79. The van der Waals surface area contributed by atoms with Gasteiger partial charge in [0.25, 0.3) is 15.7 Å². The molecule has 9 heteroatoms. The SMILES string of the molecule is Cc1ccc(S(=O)(=O)Nc2cc3c4c(oc3c3ccccc23)CCCC4=O)cc1[N+](=O)[O-]. The minimum Gasteiger partial charge on any atom is -0.460 e. The van der Waals surface area contributed by atoms with Gasteiger partial charge in [-0.15, -0.1) is 0 Å². The number of anilines is 1. The number of hydrogen-bond donors (Lipinski definition) is 1. The van der Waals surface area contributed by atoms with E-state index >= 15 is 0 Å². The molecule has 0 spiro atoms. The van der Waals surface area contributed by atoms with E-state index in [0.717, 1.165) is 12.5 Å². The molecular formula is C23H18N2O6S. The van der Waals surface area contributed by atoms with E-state index in [2.05, 4.69) is 4.72 Å². The number of aryl methyl sites for hydroxylation is 2. The van der Waals surface area contributed by atoms with Crippen LogP contribution in [-0.2, 0) is 16.4 Å². The molecule has 0 saturated carbocycles. The summed E-state index contributed by atoms with van der Waals surface area (Å²) in [5.41, 5.74) is 1.42. The normalized spacial score (nSPS) is 14.0. The highest BCUT2D eigenvalue weighted by atomic mass is 32.2. The van der Waals surface area contributed by atoms with Crippen LogP contribution in [0.4, 0.5) is 11.4 Å². The molecule has 1 aromatic heterocycles. The molecule has 0 bridgehead atoms. The third kappa shape index (κ3) is 3.13. The van der Waals surface area contributed by atoms with Gasteiger partial charge >= 0.3 is 0 Å². The Morgan fingerprint density at radius 1 is 1.03 bits per heavy atom. The molecule has 1 aliphatic carbocycles. The van der Waals surface area contributed by atoms with E-state index in [1.54, 1.807) is 25.1 Å². The molecule has 0 unspecified atom stereocenters. The van der Waals surface area contributed by atoms with Crippen molar-refractivity contribution in [2.75, 3.05) is 4.72 Å². The molecule has 162 valence electrons. The van der Waals surface area contributed by atoms with Crippen molar-refractivity contribution in [3.8, 4) is 0 Å². The van der Waals surface area contributed by atoms with Gasteiger partial charge in [-0.1, -0.05) is 30.3 Å². The number of carbonyl (C=O) groups excluding carboxylic acids is 1. The highest BCUT2D eigenvalue weighted by Gasteiger charge is 2.27. The molecule has 3 aromatic carbocycles. The van der Waals surface area contributed by atoms with E-state index in [4.69, 9.17) is 4.42 Å². The first-order chi connectivity index (χ1) is 15.3. The fraction of sp³-hybridized carbons (Fsp3) is 0.174. The minimum absolute atomic E-state index is 0.0248. The Labute approximate surface area is 183 Å². The molecule has 32 heavy (non-hydrogen) atoms. The summed E-state index contributed by atoms with van der Waals surface area (Å²) < 4.78 is 34.9. The Kier molecular flexibility index (Phi) is 4.52. The van der Waals surface area contributed by atoms with Crippen LogP contribution in [0.1, 0.15) is 34.5 Å². The molecule has 0 aliphatic heterocycles. The minimum atomic E-state index is -4.13. The van der Waals surface area contributed by atoms with Gasteiger partial charge in [-0.3, -0.25) is 19.6 Å². The van der Waals surface area contributed by atoms with E-state index in [0.29, 0.717) is 51.5 Å². The second kappa shape index (κ2) is 7.16. The van der Waals surface area contributed by atoms with Gasteiger partial charge in [0.05, 0.1) is 21.1 Å². The van der Waals surface area contributed by atoms with Gasteiger partial charge in [0.15, 0.2) is 5.78 Å². The van der Waals surface area contributed by atoms with Crippen molar-refractivity contribution in [3.63, 3.8) is 0 Å². The fourth-order valence-electron chi connectivity index (χ4n) is 4.23. The van der Waals surface area contributed by atoms with E-state index in [1.165, 1.54) is 12.1 Å². The summed E-state index contributed by atoms with van der Waals surface area (Å²) in [6, 6.07) is 12.5. The number of sulfonamides is 1. The van der Waals surface area contributed by atoms with Crippen LogP contribution in [0.25, 0.3) is 21.7 Å². The molecule has 5 rings (SSSR count). The number of hydrogen-bond acceptors (Lipinski definition) is 6. The third-order valence-electron chi connectivity index (χ3n) is 5.79. The van der Waals surface area contributed by atoms with Gasteiger partial charge in [0, 0.05) is 40.6 Å².